The average molecular weight is 284 g/mol. The minimum absolute atomic E-state index is 0.260. The first-order valence-electron chi connectivity index (χ1n) is 7.78. The molecular weight excluding hydrogens is 252 g/mol. The number of rotatable bonds is 7. The van der Waals surface area contributed by atoms with E-state index in [2.05, 4.69) is 41.3 Å². The number of hydrogen-bond donors (Lipinski definition) is 2. The molecule has 0 aromatic rings. The highest BCUT2D eigenvalue weighted by molar-refractivity contribution is 5.79. The van der Waals surface area contributed by atoms with E-state index in [0.29, 0.717) is 18.6 Å². The van der Waals surface area contributed by atoms with Gasteiger partial charge in [-0.05, 0) is 38.8 Å². The summed E-state index contributed by atoms with van der Waals surface area (Å²) >= 11 is 0. The van der Waals surface area contributed by atoms with E-state index in [-0.39, 0.29) is 6.04 Å². The molecule has 0 bridgehead atoms. The molecule has 1 saturated heterocycles. The van der Waals surface area contributed by atoms with Crippen molar-refractivity contribution in [1.29, 1.82) is 0 Å². The predicted octanol–water partition coefficient (Wildman–Crippen LogP) is 1.31. The number of nitrogens with zero attached hydrogens (tertiary/aromatic N) is 2. The molecule has 0 amide bonds. The Labute approximate surface area is 124 Å². The van der Waals surface area contributed by atoms with Crippen LogP contribution in [0.3, 0.4) is 0 Å². The van der Waals surface area contributed by atoms with Gasteiger partial charge in [0.05, 0.1) is 6.61 Å². The first kappa shape index (κ1) is 17.2. The molecule has 0 saturated carbocycles. The molecule has 1 aliphatic rings. The maximum absolute atomic E-state index is 5.14. The Balaban J connectivity index is 2.44. The highest BCUT2D eigenvalue weighted by Crippen LogP contribution is 2.16. The van der Waals surface area contributed by atoms with Gasteiger partial charge in [0.1, 0.15) is 0 Å². The second kappa shape index (κ2) is 9.19. The molecule has 0 aliphatic carbocycles. The molecule has 2 N–H and O–H groups in total. The van der Waals surface area contributed by atoms with Gasteiger partial charge in [-0.1, -0.05) is 13.8 Å². The smallest absolute Gasteiger partial charge is 0.191 e. The first-order chi connectivity index (χ1) is 9.58. The van der Waals surface area contributed by atoms with E-state index in [0.717, 1.165) is 12.5 Å². The summed E-state index contributed by atoms with van der Waals surface area (Å²) in [7, 11) is 3.53. The van der Waals surface area contributed by atoms with Gasteiger partial charge in [0.25, 0.3) is 0 Å². The summed E-state index contributed by atoms with van der Waals surface area (Å²) in [6.07, 6.45) is 2.67. The molecule has 5 heteroatoms. The Morgan fingerprint density at radius 1 is 1.25 bits per heavy atom. The number of nitrogens with one attached hydrogen (secondary N) is 2. The van der Waals surface area contributed by atoms with Crippen molar-refractivity contribution in [2.75, 3.05) is 40.4 Å². The van der Waals surface area contributed by atoms with Crippen LogP contribution in [0.1, 0.15) is 33.6 Å². The van der Waals surface area contributed by atoms with Gasteiger partial charge in [-0.15, -0.1) is 0 Å². The second-order valence-electron chi connectivity index (χ2n) is 6.01. The van der Waals surface area contributed by atoms with E-state index in [1.807, 2.05) is 7.05 Å². The van der Waals surface area contributed by atoms with Crippen molar-refractivity contribution in [3.05, 3.63) is 0 Å². The Hall–Kier alpha value is -0.810. The summed E-state index contributed by atoms with van der Waals surface area (Å²) in [6, 6.07) is 0.837. The van der Waals surface area contributed by atoms with Gasteiger partial charge in [0.15, 0.2) is 5.96 Å². The lowest BCUT2D eigenvalue weighted by molar-refractivity contribution is 0.177. The molecule has 2 unspecified atom stereocenters. The van der Waals surface area contributed by atoms with E-state index >= 15 is 0 Å². The minimum atomic E-state index is 0.260. The molecular formula is C15H32N4O. The molecule has 5 nitrogen and oxygen atoms in total. The van der Waals surface area contributed by atoms with E-state index in [1.165, 1.54) is 25.9 Å². The molecule has 0 radical (unpaired) electrons. The highest BCUT2D eigenvalue weighted by atomic mass is 16.5. The average Bonchev–Trinajstić information content (AvgIpc) is 2.91. The molecule has 2 atom stereocenters. The number of methoxy groups -OCH3 is 1. The second-order valence-corrected chi connectivity index (χ2v) is 6.01. The third-order valence-corrected chi connectivity index (χ3v) is 3.88. The summed E-state index contributed by atoms with van der Waals surface area (Å²) < 4.78 is 5.14. The Morgan fingerprint density at radius 3 is 2.40 bits per heavy atom. The number of likely N-dealkylation sites (tertiary alicyclic amines) is 1. The van der Waals surface area contributed by atoms with Crippen LogP contribution in [0.5, 0.6) is 0 Å². The number of guanidine groups is 1. The van der Waals surface area contributed by atoms with Gasteiger partial charge < -0.3 is 15.4 Å². The Bertz CT molecular complexity index is 288. The largest absolute Gasteiger partial charge is 0.383 e. The van der Waals surface area contributed by atoms with E-state index in [9.17, 15) is 0 Å². The molecule has 0 aromatic heterocycles. The predicted molar refractivity (Wildman–Crippen MR) is 85.3 cm³/mol. The van der Waals surface area contributed by atoms with Crippen LogP contribution >= 0.6 is 0 Å². The third kappa shape index (κ3) is 5.67. The molecule has 118 valence electrons. The van der Waals surface area contributed by atoms with Crippen molar-refractivity contribution >= 4 is 5.96 Å². The minimum Gasteiger partial charge on any atom is -0.383 e. The molecule has 1 heterocycles. The zero-order valence-electron chi connectivity index (χ0n) is 13.8. The Kier molecular flexibility index (Phi) is 7.92. The number of hydrogen-bond acceptors (Lipinski definition) is 3. The van der Waals surface area contributed by atoms with Crippen LogP contribution in [0.2, 0.25) is 0 Å². The van der Waals surface area contributed by atoms with Gasteiger partial charge in [0.2, 0.25) is 0 Å². The van der Waals surface area contributed by atoms with Crippen LogP contribution in [0.25, 0.3) is 0 Å². The monoisotopic (exact) mass is 284 g/mol. The fourth-order valence-corrected chi connectivity index (χ4v) is 2.78. The third-order valence-electron chi connectivity index (χ3n) is 3.88. The van der Waals surface area contributed by atoms with E-state index in [1.54, 1.807) is 7.11 Å². The zero-order valence-corrected chi connectivity index (χ0v) is 13.8. The maximum atomic E-state index is 5.14. The van der Waals surface area contributed by atoms with Gasteiger partial charge >= 0.3 is 0 Å². The van der Waals surface area contributed by atoms with Crippen LogP contribution in [0.4, 0.5) is 0 Å². The van der Waals surface area contributed by atoms with Crippen molar-refractivity contribution in [2.24, 2.45) is 10.9 Å². The van der Waals surface area contributed by atoms with Crippen LogP contribution in [-0.2, 0) is 4.74 Å². The maximum Gasteiger partial charge on any atom is 0.191 e. The summed E-state index contributed by atoms with van der Waals surface area (Å²) in [5.41, 5.74) is 0. The lowest BCUT2D eigenvalue weighted by atomic mass is 10.0. The number of ether oxygens (including phenoxy) is 1. The molecule has 1 fully saturated rings. The standard InChI is InChI=1S/C15H32N4O/c1-12(2)14(19-8-6-7-9-19)10-17-15(16-4)18-13(3)11-20-5/h12-14H,6-11H2,1-5H3,(H2,16,17,18). The molecule has 0 spiro atoms. The lowest BCUT2D eigenvalue weighted by Crippen LogP contribution is -2.50. The van der Waals surface area contributed by atoms with Crippen molar-refractivity contribution in [1.82, 2.24) is 15.5 Å². The molecule has 20 heavy (non-hydrogen) atoms. The van der Waals surface area contributed by atoms with Crippen molar-refractivity contribution in [2.45, 2.75) is 45.7 Å². The quantitative estimate of drug-likeness (QED) is 0.547. The van der Waals surface area contributed by atoms with Crippen molar-refractivity contribution < 1.29 is 4.74 Å². The number of aliphatic imine (C=N–C) groups is 1. The van der Waals surface area contributed by atoms with Gasteiger partial charge in [-0.3, -0.25) is 9.89 Å². The summed E-state index contributed by atoms with van der Waals surface area (Å²) in [5, 5.41) is 6.81. The molecule has 1 aliphatic heterocycles. The van der Waals surface area contributed by atoms with Crippen LogP contribution in [0.15, 0.2) is 4.99 Å². The fraction of sp³-hybridized carbons (Fsp3) is 0.933. The van der Waals surface area contributed by atoms with E-state index < -0.39 is 0 Å². The molecule has 1 rings (SSSR count). The van der Waals surface area contributed by atoms with Crippen molar-refractivity contribution in [3.63, 3.8) is 0 Å². The van der Waals surface area contributed by atoms with Crippen LogP contribution < -0.4 is 10.6 Å². The van der Waals surface area contributed by atoms with Crippen LogP contribution in [0, 0.1) is 5.92 Å². The summed E-state index contributed by atoms with van der Waals surface area (Å²) in [4.78, 5) is 6.89. The van der Waals surface area contributed by atoms with Gasteiger partial charge in [-0.2, -0.15) is 0 Å². The van der Waals surface area contributed by atoms with Crippen LogP contribution in [-0.4, -0.2) is 63.3 Å². The van der Waals surface area contributed by atoms with Crippen molar-refractivity contribution in [3.8, 4) is 0 Å². The first-order valence-corrected chi connectivity index (χ1v) is 7.78. The Morgan fingerprint density at radius 2 is 1.90 bits per heavy atom. The SMILES string of the molecule is CN=C(NCC(C(C)C)N1CCCC1)NC(C)COC. The summed E-state index contributed by atoms with van der Waals surface area (Å²) in [5.74, 6) is 1.51. The van der Waals surface area contributed by atoms with E-state index in [4.69, 9.17) is 4.74 Å². The topological polar surface area (TPSA) is 48.9 Å². The summed E-state index contributed by atoms with van der Waals surface area (Å²) in [6.45, 7) is 10.8. The fourth-order valence-electron chi connectivity index (χ4n) is 2.78. The van der Waals surface area contributed by atoms with Gasteiger partial charge in [0, 0.05) is 32.8 Å². The normalized spacial score (nSPS) is 20.2. The molecule has 0 aromatic carbocycles. The van der Waals surface area contributed by atoms with Gasteiger partial charge in [-0.25, -0.2) is 0 Å². The lowest BCUT2D eigenvalue weighted by Gasteiger charge is -2.31. The highest BCUT2D eigenvalue weighted by Gasteiger charge is 2.24. The zero-order chi connectivity index (χ0) is 15.0.